The third kappa shape index (κ3) is 3.08. The standard InChI is InChI=1S/C17H13BrClN3O2/c1-10-15(17(23)21-24)20-16(11-2-6-13(19)7-3-11)22(10)14-8-4-12(18)5-9-14/h2-9,24H,1H3,(H,21,23). The van der Waals surface area contributed by atoms with Crippen LogP contribution in [-0.4, -0.2) is 20.7 Å². The Morgan fingerprint density at radius 2 is 1.79 bits per heavy atom. The molecule has 0 aliphatic carbocycles. The zero-order chi connectivity index (χ0) is 17.3. The molecule has 0 bridgehead atoms. The molecule has 24 heavy (non-hydrogen) atoms. The van der Waals surface area contributed by atoms with Gasteiger partial charge in [-0.2, -0.15) is 0 Å². The molecule has 2 aromatic carbocycles. The fraction of sp³-hybridized carbons (Fsp3) is 0.0588. The molecule has 122 valence electrons. The van der Waals surface area contributed by atoms with E-state index < -0.39 is 5.91 Å². The molecule has 2 N–H and O–H groups in total. The number of carbonyl (C=O) groups is 1. The molecule has 1 amide bonds. The van der Waals surface area contributed by atoms with Crippen LogP contribution in [0.1, 0.15) is 16.2 Å². The van der Waals surface area contributed by atoms with E-state index >= 15 is 0 Å². The van der Waals surface area contributed by atoms with E-state index in [-0.39, 0.29) is 5.69 Å². The SMILES string of the molecule is Cc1c(C(=O)NO)nc(-c2ccc(Cl)cc2)n1-c1ccc(Br)cc1. The molecule has 3 aromatic rings. The number of rotatable bonds is 3. The maximum absolute atomic E-state index is 11.9. The van der Waals surface area contributed by atoms with Crippen LogP contribution in [0.3, 0.4) is 0 Å². The Morgan fingerprint density at radius 3 is 2.38 bits per heavy atom. The molecule has 0 spiro atoms. The smallest absolute Gasteiger partial charge is 0.295 e. The molecular weight excluding hydrogens is 394 g/mol. The van der Waals surface area contributed by atoms with E-state index in [0.29, 0.717) is 16.5 Å². The number of hydrogen-bond donors (Lipinski definition) is 2. The summed E-state index contributed by atoms with van der Waals surface area (Å²) in [6, 6.07) is 14.8. The highest BCUT2D eigenvalue weighted by molar-refractivity contribution is 9.10. The summed E-state index contributed by atoms with van der Waals surface area (Å²) in [7, 11) is 0. The highest BCUT2D eigenvalue weighted by Gasteiger charge is 2.21. The summed E-state index contributed by atoms with van der Waals surface area (Å²) in [5.74, 6) is -0.0661. The Bertz CT molecular complexity index is 889. The maximum atomic E-state index is 11.9. The number of benzene rings is 2. The Hall–Kier alpha value is -2.15. The van der Waals surface area contributed by atoms with Crippen LogP contribution in [0.4, 0.5) is 0 Å². The molecule has 0 radical (unpaired) electrons. The lowest BCUT2D eigenvalue weighted by Gasteiger charge is -2.10. The first-order valence-corrected chi connectivity index (χ1v) is 8.24. The summed E-state index contributed by atoms with van der Waals surface area (Å²) in [5, 5.41) is 9.57. The minimum Gasteiger partial charge on any atom is -0.296 e. The fourth-order valence-electron chi connectivity index (χ4n) is 2.47. The van der Waals surface area contributed by atoms with E-state index in [0.717, 1.165) is 15.7 Å². The first-order valence-electron chi connectivity index (χ1n) is 7.07. The molecule has 1 heterocycles. The van der Waals surface area contributed by atoms with Crippen LogP contribution >= 0.6 is 27.5 Å². The summed E-state index contributed by atoms with van der Waals surface area (Å²) in [6.07, 6.45) is 0. The molecule has 0 aliphatic heterocycles. The first kappa shape index (κ1) is 16.7. The van der Waals surface area contributed by atoms with Crippen LogP contribution in [0, 0.1) is 6.92 Å². The van der Waals surface area contributed by atoms with Crippen LogP contribution in [0.5, 0.6) is 0 Å². The molecule has 0 saturated carbocycles. The van der Waals surface area contributed by atoms with Gasteiger partial charge in [0.2, 0.25) is 0 Å². The molecule has 0 aliphatic rings. The van der Waals surface area contributed by atoms with Crippen molar-refractivity contribution in [2.75, 3.05) is 0 Å². The molecule has 3 rings (SSSR count). The third-order valence-corrected chi connectivity index (χ3v) is 4.39. The van der Waals surface area contributed by atoms with Crippen molar-refractivity contribution in [1.29, 1.82) is 0 Å². The highest BCUT2D eigenvalue weighted by atomic mass is 79.9. The number of aromatic nitrogens is 2. The minimum absolute atomic E-state index is 0.158. The van der Waals surface area contributed by atoms with Crippen LogP contribution in [0.2, 0.25) is 5.02 Å². The topological polar surface area (TPSA) is 67.2 Å². The second kappa shape index (κ2) is 6.76. The molecule has 0 fully saturated rings. The Labute approximate surface area is 152 Å². The number of halogens is 2. The van der Waals surface area contributed by atoms with Crippen molar-refractivity contribution in [3.8, 4) is 17.1 Å². The summed E-state index contributed by atoms with van der Waals surface area (Å²) >= 11 is 9.36. The van der Waals surface area contributed by atoms with Crippen molar-refractivity contribution in [3.63, 3.8) is 0 Å². The van der Waals surface area contributed by atoms with Crippen LogP contribution in [0.15, 0.2) is 53.0 Å². The van der Waals surface area contributed by atoms with Crippen molar-refractivity contribution in [3.05, 3.63) is 69.4 Å². The van der Waals surface area contributed by atoms with Crippen molar-refractivity contribution >= 4 is 33.4 Å². The van der Waals surface area contributed by atoms with Gasteiger partial charge in [0.05, 0.1) is 5.69 Å². The molecule has 5 nitrogen and oxygen atoms in total. The summed E-state index contributed by atoms with van der Waals surface area (Å²) in [6.45, 7) is 1.78. The molecular formula is C17H13BrClN3O2. The van der Waals surface area contributed by atoms with Gasteiger partial charge in [0.15, 0.2) is 5.69 Å². The maximum Gasteiger partial charge on any atom is 0.295 e. The number of amides is 1. The molecule has 0 saturated heterocycles. The fourth-order valence-corrected chi connectivity index (χ4v) is 2.86. The lowest BCUT2D eigenvalue weighted by Crippen LogP contribution is -2.20. The van der Waals surface area contributed by atoms with Gasteiger partial charge in [-0.25, -0.2) is 10.5 Å². The van der Waals surface area contributed by atoms with Crippen LogP contribution < -0.4 is 5.48 Å². The van der Waals surface area contributed by atoms with Crippen molar-refractivity contribution in [2.24, 2.45) is 0 Å². The number of hydrogen-bond acceptors (Lipinski definition) is 3. The van der Waals surface area contributed by atoms with E-state index in [9.17, 15) is 4.79 Å². The zero-order valence-corrected chi connectivity index (χ0v) is 15.0. The Kier molecular flexibility index (Phi) is 4.71. The zero-order valence-electron chi connectivity index (χ0n) is 12.6. The van der Waals surface area contributed by atoms with Gasteiger partial charge in [0, 0.05) is 20.7 Å². The summed E-state index contributed by atoms with van der Waals surface area (Å²) in [5.41, 5.74) is 4.08. The second-order valence-corrected chi connectivity index (χ2v) is 6.48. The number of carbonyl (C=O) groups excluding carboxylic acids is 1. The lowest BCUT2D eigenvalue weighted by atomic mass is 10.2. The second-order valence-electron chi connectivity index (χ2n) is 5.13. The number of imidazole rings is 1. The van der Waals surface area contributed by atoms with E-state index in [1.807, 2.05) is 41.0 Å². The van der Waals surface area contributed by atoms with Gasteiger partial charge in [-0.05, 0) is 55.5 Å². The van der Waals surface area contributed by atoms with Gasteiger partial charge in [-0.1, -0.05) is 27.5 Å². The predicted molar refractivity (Wildman–Crippen MR) is 95.7 cm³/mol. The monoisotopic (exact) mass is 405 g/mol. The lowest BCUT2D eigenvalue weighted by molar-refractivity contribution is 0.0700. The third-order valence-electron chi connectivity index (χ3n) is 3.61. The average molecular weight is 407 g/mol. The van der Waals surface area contributed by atoms with Crippen molar-refractivity contribution in [1.82, 2.24) is 15.0 Å². The van der Waals surface area contributed by atoms with Gasteiger partial charge in [0.25, 0.3) is 5.91 Å². The molecule has 0 unspecified atom stereocenters. The Morgan fingerprint density at radius 1 is 1.17 bits per heavy atom. The van der Waals surface area contributed by atoms with Gasteiger partial charge >= 0.3 is 0 Å². The highest BCUT2D eigenvalue weighted by Crippen LogP contribution is 2.28. The van der Waals surface area contributed by atoms with Gasteiger partial charge in [0.1, 0.15) is 5.82 Å². The van der Waals surface area contributed by atoms with Gasteiger partial charge in [-0.3, -0.25) is 14.6 Å². The van der Waals surface area contributed by atoms with E-state index in [4.69, 9.17) is 16.8 Å². The van der Waals surface area contributed by atoms with Crippen LogP contribution in [-0.2, 0) is 0 Å². The average Bonchev–Trinajstić information content (AvgIpc) is 2.93. The van der Waals surface area contributed by atoms with E-state index in [1.165, 1.54) is 0 Å². The van der Waals surface area contributed by atoms with E-state index in [2.05, 4.69) is 20.9 Å². The molecule has 0 atom stereocenters. The number of hydroxylamine groups is 1. The normalized spacial score (nSPS) is 10.7. The van der Waals surface area contributed by atoms with Crippen molar-refractivity contribution < 1.29 is 10.0 Å². The molecule has 1 aromatic heterocycles. The first-order chi connectivity index (χ1) is 11.5. The Balaban J connectivity index is 2.24. The predicted octanol–water partition coefficient (Wildman–Crippen LogP) is 4.38. The quantitative estimate of drug-likeness (QED) is 0.501. The summed E-state index contributed by atoms with van der Waals surface area (Å²) < 4.78 is 2.81. The van der Waals surface area contributed by atoms with Crippen molar-refractivity contribution in [2.45, 2.75) is 6.92 Å². The van der Waals surface area contributed by atoms with Gasteiger partial charge < -0.3 is 0 Å². The molecule has 7 heteroatoms. The largest absolute Gasteiger partial charge is 0.296 e. The summed E-state index contributed by atoms with van der Waals surface area (Å²) in [4.78, 5) is 16.3. The number of nitrogens with zero attached hydrogens (tertiary/aromatic N) is 2. The number of nitrogens with one attached hydrogen (secondary N) is 1. The minimum atomic E-state index is -0.654. The van der Waals surface area contributed by atoms with E-state index in [1.54, 1.807) is 24.5 Å². The van der Waals surface area contributed by atoms with Gasteiger partial charge in [-0.15, -0.1) is 0 Å². The van der Waals surface area contributed by atoms with Crippen LogP contribution in [0.25, 0.3) is 17.1 Å².